The highest BCUT2D eigenvalue weighted by molar-refractivity contribution is 7.15. The number of nitrogens with one attached hydrogen (secondary N) is 2. The quantitative estimate of drug-likeness (QED) is 0.518. The highest BCUT2D eigenvalue weighted by Crippen LogP contribution is 2.31. The number of hydrogen-bond donors (Lipinski definition) is 2. The van der Waals surface area contributed by atoms with Gasteiger partial charge in [0.2, 0.25) is 5.91 Å². The molecule has 2 aromatic carbocycles. The summed E-state index contributed by atoms with van der Waals surface area (Å²) in [5, 5.41) is 6.84. The molecule has 7 heteroatoms. The van der Waals surface area contributed by atoms with E-state index < -0.39 is 6.04 Å². The van der Waals surface area contributed by atoms with Gasteiger partial charge in [0, 0.05) is 5.56 Å². The van der Waals surface area contributed by atoms with Gasteiger partial charge in [-0.15, -0.1) is 11.3 Å². The third kappa shape index (κ3) is 5.34. The van der Waals surface area contributed by atoms with Crippen molar-refractivity contribution in [2.45, 2.75) is 39.8 Å². The number of benzene rings is 2. The molecule has 168 valence electrons. The highest BCUT2D eigenvalue weighted by Gasteiger charge is 2.28. The van der Waals surface area contributed by atoms with E-state index in [1.165, 1.54) is 7.11 Å². The molecule has 0 aliphatic rings. The van der Waals surface area contributed by atoms with E-state index in [9.17, 15) is 9.59 Å². The van der Waals surface area contributed by atoms with Gasteiger partial charge in [-0.1, -0.05) is 56.3 Å². The fourth-order valence-electron chi connectivity index (χ4n) is 3.47. The van der Waals surface area contributed by atoms with Gasteiger partial charge in [0.05, 0.1) is 29.3 Å². The van der Waals surface area contributed by atoms with Gasteiger partial charge >= 0.3 is 0 Å². The first kappa shape index (κ1) is 23.5. The van der Waals surface area contributed by atoms with E-state index >= 15 is 0 Å². The molecule has 0 aliphatic carbocycles. The molecular weight excluding hydrogens is 422 g/mol. The number of methoxy groups -OCH3 is 1. The van der Waals surface area contributed by atoms with Crippen molar-refractivity contribution in [3.8, 4) is 16.3 Å². The Morgan fingerprint density at radius 3 is 2.28 bits per heavy atom. The summed E-state index contributed by atoms with van der Waals surface area (Å²) < 4.78 is 5.28. The zero-order valence-electron chi connectivity index (χ0n) is 19.0. The summed E-state index contributed by atoms with van der Waals surface area (Å²) >= 11 is 1.57. The average molecular weight is 452 g/mol. The smallest absolute Gasteiger partial charge is 0.255 e. The summed E-state index contributed by atoms with van der Waals surface area (Å²) in [5.41, 5.74) is 2.34. The van der Waals surface area contributed by atoms with Crippen molar-refractivity contribution in [2.24, 2.45) is 5.92 Å². The number of ether oxygens (including phenoxy) is 1. The van der Waals surface area contributed by atoms with E-state index in [1.54, 1.807) is 35.6 Å². The minimum atomic E-state index is -0.684. The first-order valence-corrected chi connectivity index (χ1v) is 11.4. The predicted octanol–water partition coefficient (Wildman–Crippen LogP) is 4.76. The second kappa shape index (κ2) is 10.4. The van der Waals surface area contributed by atoms with Gasteiger partial charge in [-0.25, -0.2) is 4.98 Å². The summed E-state index contributed by atoms with van der Waals surface area (Å²) in [6, 6.07) is 16.0. The fraction of sp³-hybridized carbons (Fsp3) is 0.320. The minimum Gasteiger partial charge on any atom is -0.496 e. The van der Waals surface area contributed by atoms with Crippen LogP contribution in [0.25, 0.3) is 10.6 Å². The number of nitrogens with zero attached hydrogens (tertiary/aromatic N) is 1. The molecule has 0 aliphatic heterocycles. The first-order chi connectivity index (χ1) is 15.3. The molecule has 3 aromatic rings. The lowest BCUT2D eigenvalue weighted by molar-refractivity contribution is -0.124. The third-order valence-corrected chi connectivity index (χ3v) is 6.58. The van der Waals surface area contributed by atoms with Crippen molar-refractivity contribution < 1.29 is 14.3 Å². The Hall–Kier alpha value is -3.19. The van der Waals surface area contributed by atoms with Crippen LogP contribution in [0.4, 0.5) is 0 Å². The van der Waals surface area contributed by atoms with Gasteiger partial charge in [0.1, 0.15) is 16.8 Å². The van der Waals surface area contributed by atoms with Crippen LogP contribution in [-0.2, 0) is 4.79 Å². The third-order valence-electron chi connectivity index (χ3n) is 5.19. The van der Waals surface area contributed by atoms with Crippen molar-refractivity contribution in [1.29, 1.82) is 0 Å². The lowest BCUT2D eigenvalue weighted by Crippen LogP contribution is -2.50. The summed E-state index contributed by atoms with van der Waals surface area (Å²) in [4.78, 5) is 31.6. The van der Waals surface area contributed by atoms with Crippen LogP contribution in [0.2, 0.25) is 0 Å². The summed E-state index contributed by atoms with van der Waals surface area (Å²) in [6.07, 6.45) is 0. The number of aromatic nitrogens is 1. The monoisotopic (exact) mass is 451 g/mol. The molecule has 2 unspecified atom stereocenters. The molecule has 2 atom stereocenters. The summed E-state index contributed by atoms with van der Waals surface area (Å²) in [5.74, 6) is -0.201. The topological polar surface area (TPSA) is 80.3 Å². The summed E-state index contributed by atoms with van der Waals surface area (Å²) in [6.45, 7) is 7.70. The molecule has 6 nitrogen and oxygen atoms in total. The van der Waals surface area contributed by atoms with Crippen LogP contribution in [0.5, 0.6) is 5.75 Å². The molecule has 2 N–H and O–H groups in total. The van der Waals surface area contributed by atoms with Gasteiger partial charge in [0.15, 0.2) is 0 Å². The summed E-state index contributed by atoms with van der Waals surface area (Å²) in [7, 11) is 1.52. The van der Waals surface area contributed by atoms with E-state index in [4.69, 9.17) is 4.74 Å². The Balaban J connectivity index is 1.73. The van der Waals surface area contributed by atoms with Crippen LogP contribution in [0.3, 0.4) is 0 Å². The van der Waals surface area contributed by atoms with Crippen LogP contribution in [0.1, 0.15) is 47.7 Å². The normalized spacial score (nSPS) is 12.8. The van der Waals surface area contributed by atoms with Crippen molar-refractivity contribution in [1.82, 2.24) is 15.6 Å². The van der Waals surface area contributed by atoms with Crippen LogP contribution >= 0.6 is 11.3 Å². The van der Waals surface area contributed by atoms with Crippen LogP contribution in [-0.4, -0.2) is 29.9 Å². The highest BCUT2D eigenvalue weighted by atomic mass is 32.1. The largest absolute Gasteiger partial charge is 0.496 e. The van der Waals surface area contributed by atoms with Gasteiger partial charge in [-0.05, 0) is 31.9 Å². The van der Waals surface area contributed by atoms with Gasteiger partial charge in [-0.2, -0.15) is 0 Å². The molecule has 0 radical (unpaired) electrons. The Morgan fingerprint density at radius 1 is 0.969 bits per heavy atom. The number of hydrogen-bond acceptors (Lipinski definition) is 5. The van der Waals surface area contributed by atoms with E-state index in [0.717, 1.165) is 21.1 Å². The van der Waals surface area contributed by atoms with E-state index in [1.807, 2.05) is 58.0 Å². The maximum Gasteiger partial charge on any atom is 0.255 e. The second-order valence-corrected chi connectivity index (χ2v) is 8.99. The number of rotatable bonds is 8. The number of carbonyl (C=O) groups excluding carboxylic acids is 2. The minimum absolute atomic E-state index is 0.0942. The lowest BCUT2D eigenvalue weighted by Gasteiger charge is -2.24. The van der Waals surface area contributed by atoms with E-state index in [-0.39, 0.29) is 23.8 Å². The van der Waals surface area contributed by atoms with E-state index in [2.05, 4.69) is 15.6 Å². The molecule has 1 aromatic heterocycles. The van der Waals surface area contributed by atoms with Crippen molar-refractivity contribution in [3.05, 3.63) is 70.7 Å². The van der Waals surface area contributed by atoms with Crippen LogP contribution in [0.15, 0.2) is 54.6 Å². The van der Waals surface area contributed by atoms with Gasteiger partial charge < -0.3 is 15.4 Å². The molecule has 0 spiro atoms. The SMILES string of the molecule is COc1ccccc1C(=O)NC(C(=O)NC(C)c1sc(-c2ccccc2)nc1C)C(C)C. The Labute approximate surface area is 193 Å². The Bertz CT molecular complexity index is 1080. The molecule has 3 rings (SSSR count). The molecule has 0 bridgehead atoms. The molecule has 0 fully saturated rings. The van der Waals surface area contributed by atoms with Crippen molar-refractivity contribution in [2.75, 3.05) is 7.11 Å². The molecular formula is C25H29N3O3S. The molecule has 0 saturated heterocycles. The van der Waals surface area contributed by atoms with Crippen LogP contribution in [0, 0.1) is 12.8 Å². The zero-order valence-corrected chi connectivity index (χ0v) is 19.8. The number of carbonyl (C=O) groups is 2. The number of amides is 2. The zero-order chi connectivity index (χ0) is 23.3. The van der Waals surface area contributed by atoms with Crippen LogP contribution < -0.4 is 15.4 Å². The van der Waals surface area contributed by atoms with E-state index in [0.29, 0.717) is 11.3 Å². The number of para-hydroxylation sites is 1. The van der Waals surface area contributed by atoms with Crippen molar-refractivity contribution >= 4 is 23.2 Å². The Kier molecular flexibility index (Phi) is 7.64. The second-order valence-electron chi connectivity index (χ2n) is 7.96. The number of thiazole rings is 1. The maximum absolute atomic E-state index is 13.1. The molecule has 2 amide bonds. The molecule has 0 saturated carbocycles. The average Bonchev–Trinajstić information content (AvgIpc) is 3.19. The number of aryl methyl sites for hydroxylation is 1. The van der Waals surface area contributed by atoms with Crippen molar-refractivity contribution in [3.63, 3.8) is 0 Å². The molecule has 1 heterocycles. The predicted molar refractivity (Wildman–Crippen MR) is 128 cm³/mol. The lowest BCUT2D eigenvalue weighted by atomic mass is 10.0. The Morgan fingerprint density at radius 2 is 1.62 bits per heavy atom. The van der Waals surface area contributed by atoms with Gasteiger partial charge in [-0.3, -0.25) is 9.59 Å². The standard InChI is InChI=1S/C25H29N3O3S/c1-15(2)21(28-23(29)19-13-9-10-14-20(19)31-5)24(30)26-16(3)22-17(4)27-25(32-22)18-11-7-6-8-12-18/h6-16,21H,1-5H3,(H,26,30)(H,28,29). The first-order valence-electron chi connectivity index (χ1n) is 10.6. The fourth-order valence-corrected chi connectivity index (χ4v) is 4.54. The molecule has 32 heavy (non-hydrogen) atoms. The van der Waals surface area contributed by atoms with Gasteiger partial charge in [0.25, 0.3) is 5.91 Å². The maximum atomic E-state index is 13.1.